The summed E-state index contributed by atoms with van der Waals surface area (Å²) in [4.78, 5) is 14.7. The number of aliphatic hydroxyl groups is 1. The van der Waals surface area contributed by atoms with E-state index in [1.165, 1.54) is 12.1 Å². The van der Waals surface area contributed by atoms with Crippen LogP contribution in [0.2, 0.25) is 0 Å². The first-order chi connectivity index (χ1) is 16.8. The van der Waals surface area contributed by atoms with Gasteiger partial charge in [0.2, 0.25) is 0 Å². The summed E-state index contributed by atoms with van der Waals surface area (Å²) in [7, 11) is 1.58. The Kier molecular flexibility index (Phi) is 7.64. The number of nitrogens with zero attached hydrogens (tertiary/aromatic N) is 1. The highest BCUT2D eigenvalue weighted by Crippen LogP contribution is 2.48. The van der Waals surface area contributed by atoms with E-state index in [9.17, 15) is 18.7 Å². The first kappa shape index (κ1) is 25.0. The van der Waals surface area contributed by atoms with Crippen LogP contribution in [0.15, 0.2) is 36.4 Å². The van der Waals surface area contributed by atoms with Crippen LogP contribution in [0.25, 0.3) is 0 Å². The minimum Gasteiger partial charge on any atom is -0.497 e. The summed E-state index contributed by atoms with van der Waals surface area (Å²) in [6.45, 7) is -0.620. The molecule has 0 bridgehead atoms. The molecular weight excluding hydrogens is 460 g/mol. The topological polar surface area (TPSA) is 77.5 Å². The summed E-state index contributed by atoms with van der Waals surface area (Å²) in [5.41, 5.74) is 0.290. The summed E-state index contributed by atoms with van der Waals surface area (Å²) >= 11 is 0. The predicted molar refractivity (Wildman–Crippen MR) is 126 cm³/mol. The van der Waals surface area contributed by atoms with Gasteiger partial charge in [-0.3, -0.25) is 0 Å². The van der Waals surface area contributed by atoms with Crippen LogP contribution in [-0.4, -0.2) is 49.7 Å². The number of anilines is 1. The summed E-state index contributed by atoms with van der Waals surface area (Å²) in [6.07, 6.45) is 3.13. The average Bonchev–Trinajstić information content (AvgIpc) is 2.85. The van der Waals surface area contributed by atoms with E-state index in [2.05, 4.69) is 0 Å². The van der Waals surface area contributed by atoms with Crippen molar-refractivity contribution < 1.29 is 37.6 Å². The Bertz CT molecular complexity index is 1020. The molecule has 1 heterocycles. The fourth-order valence-corrected chi connectivity index (χ4v) is 4.87. The van der Waals surface area contributed by atoms with Crippen molar-refractivity contribution in [1.82, 2.24) is 0 Å². The van der Waals surface area contributed by atoms with Gasteiger partial charge in [0, 0.05) is 6.54 Å². The maximum absolute atomic E-state index is 13.3. The Morgan fingerprint density at radius 1 is 1.17 bits per heavy atom. The molecule has 2 aromatic carbocycles. The van der Waals surface area contributed by atoms with Gasteiger partial charge in [0.05, 0.1) is 31.5 Å². The van der Waals surface area contributed by atoms with Crippen molar-refractivity contribution in [2.45, 2.75) is 63.9 Å². The normalized spacial score (nSPS) is 19.0. The highest BCUT2D eigenvalue weighted by Gasteiger charge is 2.45. The quantitative estimate of drug-likeness (QED) is 0.525. The summed E-state index contributed by atoms with van der Waals surface area (Å²) in [5.74, 6) is -0.0673. The molecule has 1 unspecified atom stereocenters. The van der Waals surface area contributed by atoms with Crippen LogP contribution < -0.4 is 19.1 Å². The van der Waals surface area contributed by atoms with Crippen molar-refractivity contribution in [3.63, 3.8) is 0 Å². The number of halogens is 2. The third kappa shape index (κ3) is 5.45. The Morgan fingerprint density at radius 2 is 1.89 bits per heavy atom. The lowest BCUT2D eigenvalue weighted by atomic mass is 9.80. The van der Waals surface area contributed by atoms with Gasteiger partial charge in [0.25, 0.3) is 0 Å². The lowest BCUT2D eigenvalue weighted by Gasteiger charge is -2.45. The molecule has 35 heavy (non-hydrogen) atoms. The third-order valence-corrected chi connectivity index (χ3v) is 6.62. The lowest BCUT2D eigenvalue weighted by molar-refractivity contribution is -0.0887. The van der Waals surface area contributed by atoms with Gasteiger partial charge in [-0.15, -0.1) is 0 Å². The predicted octanol–water partition coefficient (Wildman–Crippen LogP) is 4.94. The number of hydrogen-bond acceptors (Lipinski definition) is 7. The van der Waals surface area contributed by atoms with Crippen LogP contribution in [-0.2, 0) is 11.3 Å². The minimum absolute atomic E-state index is 0.0135. The number of fused-ring (bicyclic) bond motifs is 1. The van der Waals surface area contributed by atoms with Gasteiger partial charge < -0.3 is 29.0 Å². The number of benzene rings is 2. The van der Waals surface area contributed by atoms with Crippen molar-refractivity contribution >= 4 is 11.7 Å². The van der Waals surface area contributed by atoms with Crippen molar-refractivity contribution in [1.29, 1.82) is 0 Å². The number of hydrogen-bond donors (Lipinski definition) is 1. The third-order valence-electron chi connectivity index (χ3n) is 6.62. The number of alkyl halides is 2. The lowest BCUT2D eigenvalue weighted by Crippen LogP contribution is -2.55. The van der Waals surface area contributed by atoms with Crippen LogP contribution in [0, 0.1) is 0 Å². The van der Waals surface area contributed by atoms with E-state index in [-0.39, 0.29) is 30.2 Å². The van der Waals surface area contributed by atoms with Crippen LogP contribution in [0.1, 0.15) is 54.9 Å². The van der Waals surface area contributed by atoms with E-state index >= 15 is 0 Å². The molecule has 7 nitrogen and oxygen atoms in total. The van der Waals surface area contributed by atoms with Gasteiger partial charge >= 0.3 is 12.6 Å². The van der Waals surface area contributed by atoms with E-state index < -0.39 is 24.3 Å². The van der Waals surface area contributed by atoms with E-state index in [1.54, 1.807) is 14.0 Å². The summed E-state index contributed by atoms with van der Waals surface area (Å²) < 4.78 is 48.0. The second-order valence-electron chi connectivity index (χ2n) is 8.89. The summed E-state index contributed by atoms with van der Waals surface area (Å²) in [6, 6.07) is 10.1. The fraction of sp³-hybridized carbons (Fsp3) is 0.500. The van der Waals surface area contributed by atoms with Crippen molar-refractivity contribution in [2.75, 3.05) is 25.2 Å². The fourth-order valence-electron chi connectivity index (χ4n) is 4.87. The van der Waals surface area contributed by atoms with Crippen LogP contribution in [0.4, 0.5) is 14.5 Å². The Labute approximate surface area is 203 Å². The van der Waals surface area contributed by atoms with Gasteiger partial charge in [-0.1, -0.05) is 31.4 Å². The summed E-state index contributed by atoms with van der Waals surface area (Å²) in [5, 5.41) is 11.5. The second-order valence-corrected chi connectivity index (χ2v) is 8.89. The van der Waals surface area contributed by atoms with Gasteiger partial charge in [0.15, 0.2) is 11.5 Å². The molecule has 4 rings (SSSR count). The molecule has 2 aliphatic rings. The molecule has 1 aliphatic heterocycles. The highest BCUT2D eigenvalue weighted by atomic mass is 19.3. The molecule has 1 aliphatic carbocycles. The van der Waals surface area contributed by atoms with Crippen LogP contribution in [0.5, 0.6) is 17.2 Å². The molecule has 0 amide bonds. The molecule has 1 saturated carbocycles. The first-order valence-corrected chi connectivity index (χ1v) is 11.9. The van der Waals surface area contributed by atoms with Gasteiger partial charge in [-0.25, -0.2) is 4.79 Å². The SMILES string of the molecule is CCOC(=O)c1ccc(OC(F)F)c2c1N(Cc1ccc(OC)cc1)CC(C1(O)CCCCC1)O2. The van der Waals surface area contributed by atoms with E-state index in [4.69, 9.17) is 18.9 Å². The van der Waals surface area contributed by atoms with Crippen LogP contribution >= 0.6 is 0 Å². The number of ether oxygens (including phenoxy) is 4. The standard InChI is InChI=1S/C26H31F2NO6/c1-3-33-24(30)19-11-12-20(34-25(27)28)23-22(19)29(15-17-7-9-18(32-2)10-8-17)16-21(35-23)26(31)13-5-4-6-14-26/h7-12,21,25,31H,3-6,13-16H2,1-2H3. The smallest absolute Gasteiger partial charge is 0.387 e. The van der Waals surface area contributed by atoms with E-state index in [0.29, 0.717) is 30.8 Å². The molecule has 1 atom stereocenters. The monoisotopic (exact) mass is 491 g/mol. The zero-order valence-corrected chi connectivity index (χ0v) is 20.0. The maximum atomic E-state index is 13.3. The molecule has 0 spiro atoms. The molecule has 0 saturated heterocycles. The van der Waals surface area contributed by atoms with Crippen molar-refractivity contribution in [3.8, 4) is 17.2 Å². The second kappa shape index (κ2) is 10.7. The van der Waals surface area contributed by atoms with Gasteiger partial charge in [-0.05, 0) is 49.6 Å². The Hall–Kier alpha value is -3.07. The van der Waals surface area contributed by atoms with Crippen LogP contribution in [0.3, 0.4) is 0 Å². The van der Waals surface area contributed by atoms with Gasteiger partial charge in [-0.2, -0.15) is 8.78 Å². The number of carbonyl (C=O) groups excluding carboxylic acids is 1. The average molecular weight is 492 g/mol. The molecule has 1 N–H and O–H groups in total. The Morgan fingerprint density at radius 3 is 2.51 bits per heavy atom. The van der Waals surface area contributed by atoms with Gasteiger partial charge in [0.1, 0.15) is 17.5 Å². The minimum atomic E-state index is -3.08. The number of rotatable bonds is 8. The molecule has 1 fully saturated rings. The maximum Gasteiger partial charge on any atom is 0.387 e. The zero-order valence-electron chi connectivity index (χ0n) is 20.0. The first-order valence-electron chi connectivity index (χ1n) is 11.9. The molecule has 0 radical (unpaired) electrons. The molecule has 190 valence electrons. The van der Waals surface area contributed by atoms with Crippen molar-refractivity contribution in [2.24, 2.45) is 0 Å². The molecular formula is C26H31F2NO6. The molecule has 2 aromatic rings. The van der Waals surface area contributed by atoms with E-state index in [0.717, 1.165) is 24.8 Å². The number of carbonyl (C=O) groups is 1. The zero-order chi connectivity index (χ0) is 25.0. The molecule has 9 heteroatoms. The largest absolute Gasteiger partial charge is 0.497 e. The number of esters is 1. The Balaban J connectivity index is 1.80. The number of methoxy groups -OCH3 is 1. The highest BCUT2D eigenvalue weighted by molar-refractivity contribution is 5.98. The van der Waals surface area contributed by atoms with E-state index in [1.807, 2.05) is 29.2 Å². The molecule has 0 aromatic heterocycles. The van der Waals surface area contributed by atoms with Crippen molar-refractivity contribution in [3.05, 3.63) is 47.5 Å².